The zero-order chi connectivity index (χ0) is 10.6. The van der Waals surface area contributed by atoms with Crippen LogP contribution in [-0.4, -0.2) is 43.9 Å². The molecule has 0 amide bonds. The van der Waals surface area contributed by atoms with E-state index in [-0.39, 0.29) is 74.5 Å². The fourth-order valence-corrected chi connectivity index (χ4v) is 0.714. The summed E-state index contributed by atoms with van der Waals surface area (Å²) >= 11 is 0. The molecule has 15 heavy (non-hydrogen) atoms. The zero-order valence-corrected chi connectivity index (χ0v) is 12.6. The molecule has 0 aromatic carbocycles. The molecule has 4 N–H and O–H groups in total. The smallest absolute Gasteiger partial charge is 1.00 e. The van der Waals surface area contributed by atoms with Gasteiger partial charge in [0.2, 0.25) is 0 Å². The molecule has 0 aliphatic rings. The molecule has 0 aromatic rings. The summed E-state index contributed by atoms with van der Waals surface area (Å²) in [5.74, 6) is -5.02. The number of carboxylic acids is 3. The number of hydrogen-bond donors (Lipinski definition) is 4. The molecule has 0 aliphatic carbocycles. The molecule has 9 heteroatoms. The number of aliphatic carboxylic acids is 3. The monoisotopic (exact) mass is 280 g/mol. The van der Waals surface area contributed by atoms with Gasteiger partial charge >= 0.3 is 69.3 Å². The van der Waals surface area contributed by atoms with Gasteiger partial charge in [0.15, 0.2) is 5.60 Å². The molecule has 80 valence electrons. The summed E-state index contributed by atoms with van der Waals surface area (Å²) in [6, 6.07) is 0. The van der Waals surface area contributed by atoms with Gasteiger partial charge in [0.25, 0.3) is 0 Å². The molecule has 0 spiro atoms. The SMILES string of the molecule is O=C(O)CC(O)(CC(=O)O)C(=O)O.[H-].[K+].[Ti]. The van der Waals surface area contributed by atoms with Gasteiger partial charge < -0.3 is 21.9 Å². The van der Waals surface area contributed by atoms with Gasteiger partial charge in [-0.2, -0.15) is 0 Å². The molecule has 0 rings (SSSR count). The molecule has 0 fully saturated rings. The summed E-state index contributed by atoms with van der Waals surface area (Å²) in [6.07, 6.45) is -2.29. The third kappa shape index (κ3) is 8.52. The van der Waals surface area contributed by atoms with Crippen LogP contribution in [0.3, 0.4) is 0 Å². The molecule has 0 aromatic heterocycles. The normalized spacial score (nSPS) is 9.40. The Labute approximate surface area is 144 Å². The summed E-state index contributed by atoms with van der Waals surface area (Å²) < 4.78 is 0. The molecule has 0 atom stereocenters. The Kier molecular flexibility index (Phi) is 12.4. The Bertz CT molecular complexity index is 243. The number of hydrogen-bond acceptors (Lipinski definition) is 4. The first-order valence-electron chi connectivity index (χ1n) is 3.17. The third-order valence-corrected chi connectivity index (χ3v) is 1.29. The minimum atomic E-state index is -2.74. The number of carboxylic acid groups (broad SMARTS) is 3. The van der Waals surface area contributed by atoms with Gasteiger partial charge in [-0.25, -0.2) is 4.79 Å². The fourth-order valence-electron chi connectivity index (χ4n) is 0.714. The Morgan fingerprint density at radius 2 is 1.27 bits per heavy atom. The van der Waals surface area contributed by atoms with Gasteiger partial charge in [-0.15, -0.1) is 0 Å². The molecule has 0 unspecified atom stereocenters. The van der Waals surface area contributed by atoms with Crippen LogP contribution in [0.5, 0.6) is 0 Å². The van der Waals surface area contributed by atoms with Gasteiger partial charge in [0, 0.05) is 21.7 Å². The van der Waals surface area contributed by atoms with Crippen LogP contribution in [0.1, 0.15) is 14.3 Å². The van der Waals surface area contributed by atoms with Crippen LogP contribution in [-0.2, 0) is 36.1 Å². The molecule has 0 aliphatic heterocycles. The molecule has 0 bridgehead atoms. The van der Waals surface area contributed by atoms with Gasteiger partial charge in [-0.1, -0.05) is 0 Å². The Balaban J connectivity index is -0.000000240. The van der Waals surface area contributed by atoms with E-state index in [0.717, 1.165) is 0 Å². The standard InChI is InChI=1S/C6H8O7.K.Ti.H/c7-3(8)1-6(13,5(11)12)2-4(9)10;;;/h13H,1-2H2,(H,7,8)(H,9,10)(H,11,12);;;/q;+1;;-1. The van der Waals surface area contributed by atoms with Gasteiger partial charge in [-0.3, -0.25) is 9.59 Å². The van der Waals surface area contributed by atoms with Crippen molar-refractivity contribution >= 4 is 17.9 Å². The molecule has 7 nitrogen and oxygen atoms in total. The second-order valence-corrected chi connectivity index (χ2v) is 2.48. The van der Waals surface area contributed by atoms with Crippen LogP contribution >= 0.6 is 0 Å². The van der Waals surface area contributed by atoms with Crippen LogP contribution in [0.15, 0.2) is 0 Å². The van der Waals surface area contributed by atoms with Crippen molar-refractivity contribution < 1.29 is 109 Å². The van der Waals surface area contributed by atoms with Crippen molar-refractivity contribution in [2.24, 2.45) is 0 Å². The molecule has 0 saturated carbocycles. The summed E-state index contributed by atoms with van der Waals surface area (Å²) in [6.45, 7) is 0. The fraction of sp³-hybridized carbons (Fsp3) is 0.500. The van der Waals surface area contributed by atoms with Crippen molar-refractivity contribution in [3.05, 3.63) is 0 Å². The Hall–Kier alpha value is 0.721. The van der Waals surface area contributed by atoms with Crippen molar-refractivity contribution in [1.82, 2.24) is 0 Å². The van der Waals surface area contributed by atoms with Crippen LogP contribution in [0.25, 0.3) is 0 Å². The van der Waals surface area contributed by atoms with E-state index in [4.69, 9.17) is 20.4 Å². The maximum atomic E-state index is 10.3. The first-order valence-corrected chi connectivity index (χ1v) is 3.17. The van der Waals surface area contributed by atoms with E-state index in [1.54, 1.807) is 0 Å². The van der Waals surface area contributed by atoms with Gasteiger partial charge in [0.1, 0.15) is 0 Å². The Morgan fingerprint density at radius 1 is 1.00 bits per heavy atom. The van der Waals surface area contributed by atoms with Crippen LogP contribution in [0.2, 0.25) is 0 Å². The number of carbonyl (C=O) groups is 3. The van der Waals surface area contributed by atoms with Crippen molar-refractivity contribution in [1.29, 1.82) is 0 Å². The predicted molar refractivity (Wildman–Crippen MR) is 38.2 cm³/mol. The number of rotatable bonds is 5. The molecular formula is C6H9KO7Ti. The summed E-state index contributed by atoms with van der Waals surface area (Å²) in [5, 5.41) is 33.8. The van der Waals surface area contributed by atoms with Gasteiger partial charge in [-0.05, 0) is 0 Å². The van der Waals surface area contributed by atoms with Crippen molar-refractivity contribution in [3.8, 4) is 0 Å². The largest absolute Gasteiger partial charge is 1.00 e. The Morgan fingerprint density at radius 3 is 1.40 bits per heavy atom. The van der Waals surface area contributed by atoms with Crippen molar-refractivity contribution in [2.75, 3.05) is 0 Å². The molecular weight excluding hydrogens is 271 g/mol. The summed E-state index contributed by atoms with van der Waals surface area (Å²) in [7, 11) is 0. The molecule has 0 radical (unpaired) electrons. The minimum Gasteiger partial charge on any atom is -1.00 e. The molecule has 0 saturated heterocycles. The van der Waals surface area contributed by atoms with E-state index in [2.05, 4.69) is 0 Å². The van der Waals surface area contributed by atoms with Crippen LogP contribution in [0.4, 0.5) is 0 Å². The molecule has 0 heterocycles. The first kappa shape index (κ1) is 21.1. The zero-order valence-electron chi connectivity index (χ0n) is 8.93. The van der Waals surface area contributed by atoms with Crippen LogP contribution in [0, 0.1) is 0 Å². The van der Waals surface area contributed by atoms with E-state index < -0.39 is 36.4 Å². The van der Waals surface area contributed by atoms with E-state index in [1.807, 2.05) is 0 Å². The predicted octanol–water partition coefficient (Wildman–Crippen LogP) is -4.13. The average Bonchev–Trinajstić information content (AvgIpc) is 1.82. The minimum absolute atomic E-state index is 0. The maximum Gasteiger partial charge on any atom is 1.00 e. The topological polar surface area (TPSA) is 132 Å². The summed E-state index contributed by atoms with van der Waals surface area (Å²) in [4.78, 5) is 30.5. The average molecular weight is 280 g/mol. The van der Waals surface area contributed by atoms with Gasteiger partial charge in [0.05, 0.1) is 12.8 Å². The second kappa shape index (κ2) is 8.83. The van der Waals surface area contributed by atoms with Crippen molar-refractivity contribution in [3.63, 3.8) is 0 Å². The van der Waals surface area contributed by atoms with E-state index in [9.17, 15) is 14.4 Å². The van der Waals surface area contributed by atoms with E-state index in [1.165, 1.54) is 0 Å². The maximum absolute atomic E-state index is 10.3. The number of aliphatic hydroxyl groups is 1. The van der Waals surface area contributed by atoms with Crippen LogP contribution < -0.4 is 51.4 Å². The summed E-state index contributed by atoms with van der Waals surface area (Å²) in [5.41, 5.74) is -2.74. The van der Waals surface area contributed by atoms with Crippen molar-refractivity contribution in [2.45, 2.75) is 18.4 Å². The quantitative estimate of drug-likeness (QED) is 0.376. The van der Waals surface area contributed by atoms with E-state index >= 15 is 0 Å². The second-order valence-electron chi connectivity index (χ2n) is 2.48. The first-order chi connectivity index (χ1) is 5.78. The van der Waals surface area contributed by atoms with E-state index in [0.29, 0.717) is 0 Å². The third-order valence-electron chi connectivity index (χ3n) is 1.29.